The summed E-state index contributed by atoms with van der Waals surface area (Å²) in [7, 11) is 0. The molecule has 24 heavy (non-hydrogen) atoms. The first-order chi connectivity index (χ1) is 11.8. The average molecular weight is 333 g/mol. The first-order valence-electron chi connectivity index (χ1n) is 10.7. The van der Waals surface area contributed by atoms with Gasteiger partial charge >= 0.3 is 0 Å². The van der Waals surface area contributed by atoms with Gasteiger partial charge in [-0.2, -0.15) is 0 Å². The Bertz CT molecular complexity index is 343. The molecule has 2 rings (SSSR count). The lowest BCUT2D eigenvalue weighted by atomic mass is 9.69. The quantitative estimate of drug-likeness (QED) is 0.311. The summed E-state index contributed by atoms with van der Waals surface area (Å²) >= 11 is 0. The summed E-state index contributed by atoms with van der Waals surface area (Å²) in [6.07, 6.45) is 23.8. The summed E-state index contributed by atoms with van der Waals surface area (Å²) in [6.45, 7) is 7.68. The maximum atomic E-state index is 5.65. The Hall–Kier alpha value is -0.560. The SMILES string of the molecule is C=CCOCC1CCC(C2CCC(/C=C/CCCCC)CC2)CC1. The molecule has 2 fully saturated rings. The second kappa shape index (κ2) is 11.9. The van der Waals surface area contributed by atoms with Gasteiger partial charge in [0.1, 0.15) is 0 Å². The highest BCUT2D eigenvalue weighted by molar-refractivity contribution is 4.92. The Kier molecular flexibility index (Phi) is 9.80. The Balaban J connectivity index is 1.58. The molecule has 0 aromatic heterocycles. The van der Waals surface area contributed by atoms with Gasteiger partial charge in [0.25, 0.3) is 0 Å². The van der Waals surface area contributed by atoms with Crippen LogP contribution in [0.1, 0.15) is 84.0 Å². The molecule has 138 valence electrons. The van der Waals surface area contributed by atoms with E-state index in [-0.39, 0.29) is 0 Å². The van der Waals surface area contributed by atoms with Crippen LogP contribution >= 0.6 is 0 Å². The zero-order chi connectivity index (χ0) is 17.0. The summed E-state index contributed by atoms with van der Waals surface area (Å²) < 4.78 is 5.65. The molecular formula is C23H40O. The topological polar surface area (TPSA) is 9.23 Å². The van der Waals surface area contributed by atoms with Crippen LogP contribution in [0.5, 0.6) is 0 Å². The zero-order valence-electron chi connectivity index (χ0n) is 16.1. The summed E-state index contributed by atoms with van der Waals surface area (Å²) in [5.74, 6) is 3.72. The molecule has 0 amide bonds. The van der Waals surface area contributed by atoms with Crippen molar-refractivity contribution in [3.05, 3.63) is 24.8 Å². The molecule has 0 unspecified atom stereocenters. The molecule has 2 saturated carbocycles. The predicted molar refractivity (Wildman–Crippen MR) is 105 cm³/mol. The highest BCUT2D eigenvalue weighted by atomic mass is 16.5. The normalized spacial score (nSPS) is 31.4. The molecule has 0 aromatic carbocycles. The van der Waals surface area contributed by atoms with Gasteiger partial charge in [-0.25, -0.2) is 0 Å². The summed E-state index contributed by atoms with van der Waals surface area (Å²) in [4.78, 5) is 0. The van der Waals surface area contributed by atoms with Gasteiger partial charge in [0.2, 0.25) is 0 Å². The van der Waals surface area contributed by atoms with Crippen LogP contribution in [0.25, 0.3) is 0 Å². The van der Waals surface area contributed by atoms with E-state index in [9.17, 15) is 0 Å². The third-order valence-electron chi connectivity index (χ3n) is 6.35. The van der Waals surface area contributed by atoms with Crippen LogP contribution in [-0.2, 0) is 4.74 Å². The van der Waals surface area contributed by atoms with Crippen LogP contribution in [0.4, 0.5) is 0 Å². The van der Waals surface area contributed by atoms with Crippen molar-refractivity contribution in [2.75, 3.05) is 13.2 Å². The van der Waals surface area contributed by atoms with Crippen molar-refractivity contribution in [3.63, 3.8) is 0 Å². The first-order valence-corrected chi connectivity index (χ1v) is 10.7. The van der Waals surface area contributed by atoms with Crippen LogP contribution in [-0.4, -0.2) is 13.2 Å². The van der Waals surface area contributed by atoms with E-state index in [1.165, 1.54) is 77.0 Å². The fourth-order valence-corrected chi connectivity index (χ4v) is 4.75. The second-order valence-electron chi connectivity index (χ2n) is 8.21. The van der Waals surface area contributed by atoms with Gasteiger partial charge in [0, 0.05) is 6.61 Å². The fraction of sp³-hybridized carbons (Fsp3) is 0.826. The van der Waals surface area contributed by atoms with E-state index in [1.807, 2.05) is 6.08 Å². The second-order valence-corrected chi connectivity index (χ2v) is 8.21. The van der Waals surface area contributed by atoms with Gasteiger partial charge in [-0.15, -0.1) is 6.58 Å². The van der Waals surface area contributed by atoms with Crippen molar-refractivity contribution in [2.24, 2.45) is 23.7 Å². The summed E-state index contributed by atoms with van der Waals surface area (Å²) in [5, 5.41) is 0. The summed E-state index contributed by atoms with van der Waals surface area (Å²) in [6, 6.07) is 0. The Labute approximate surface area is 150 Å². The molecule has 0 radical (unpaired) electrons. The molecule has 2 aliphatic carbocycles. The maximum absolute atomic E-state index is 5.65. The number of allylic oxidation sites excluding steroid dienone is 2. The molecule has 0 aliphatic heterocycles. The Morgan fingerprint density at radius 1 is 0.917 bits per heavy atom. The minimum Gasteiger partial charge on any atom is -0.377 e. The van der Waals surface area contributed by atoms with Crippen LogP contribution < -0.4 is 0 Å². The van der Waals surface area contributed by atoms with Crippen molar-refractivity contribution in [3.8, 4) is 0 Å². The minimum atomic E-state index is 0.718. The van der Waals surface area contributed by atoms with Gasteiger partial charge < -0.3 is 4.74 Å². The third kappa shape index (κ3) is 7.13. The number of rotatable bonds is 10. The molecule has 1 nitrogen and oxygen atoms in total. The van der Waals surface area contributed by atoms with E-state index in [4.69, 9.17) is 4.74 Å². The third-order valence-corrected chi connectivity index (χ3v) is 6.35. The van der Waals surface area contributed by atoms with Crippen molar-refractivity contribution < 1.29 is 4.74 Å². The van der Waals surface area contributed by atoms with E-state index >= 15 is 0 Å². The number of unbranched alkanes of at least 4 members (excludes halogenated alkanes) is 3. The highest BCUT2D eigenvalue weighted by Crippen LogP contribution is 2.41. The van der Waals surface area contributed by atoms with Gasteiger partial charge in [-0.1, -0.05) is 38.0 Å². The number of ether oxygens (including phenoxy) is 1. The van der Waals surface area contributed by atoms with Crippen molar-refractivity contribution in [2.45, 2.75) is 84.0 Å². The van der Waals surface area contributed by atoms with Crippen molar-refractivity contribution in [1.82, 2.24) is 0 Å². The molecule has 1 heteroatoms. The molecule has 0 N–H and O–H groups in total. The minimum absolute atomic E-state index is 0.718. The largest absolute Gasteiger partial charge is 0.377 e. The van der Waals surface area contributed by atoms with E-state index in [2.05, 4.69) is 25.7 Å². The average Bonchev–Trinajstić information content (AvgIpc) is 2.63. The fourth-order valence-electron chi connectivity index (χ4n) is 4.75. The van der Waals surface area contributed by atoms with Gasteiger partial charge in [-0.05, 0) is 87.9 Å². The van der Waals surface area contributed by atoms with Gasteiger partial charge in [0.15, 0.2) is 0 Å². The standard InChI is InChI=1S/C23H40O/c1-3-5-6-7-8-9-20-10-14-22(15-11-20)23-16-12-21(13-17-23)19-24-18-4-2/h4,8-9,20-23H,2-3,5-7,10-19H2,1H3/b9-8+. The maximum Gasteiger partial charge on any atom is 0.0644 e. The van der Waals surface area contributed by atoms with E-state index < -0.39 is 0 Å². The van der Waals surface area contributed by atoms with Gasteiger partial charge in [-0.3, -0.25) is 0 Å². The van der Waals surface area contributed by atoms with Crippen LogP contribution in [0.15, 0.2) is 24.8 Å². The first kappa shape index (κ1) is 19.8. The van der Waals surface area contributed by atoms with Crippen LogP contribution in [0.3, 0.4) is 0 Å². The van der Waals surface area contributed by atoms with Crippen molar-refractivity contribution >= 4 is 0 Å². The van der Waals surface area contributed by atoms with Gasteiger partial charge in [0.05, 0.1) is 6.61 Å². The molecule has 0 saturated heterocycles. The number of hydrogen-bond acceptors (Lipinski definition) is 1. The zero-order valence-corrected chi connectivity index (χ0v) is 16.1. The predicted octanol–water partition coefficient (Wildman–Crippen LogP) is 6.94. The van der Waals surface area contributed by atoms with Crippen molar-refractivity contribution in [1.29, 1.82) is 0 Å². The lowest BCUT2D eigenvalue weighted by molar-refractivity contribution is 0.0800. The lowest BCUT2D eigenvalue weighted by Gasteiger charge is -2.37. The number of hydrogen-bond donors (Lipinski definition) is 0. The Morgan fingerprint density at radius 3 is 2.21 bits per heavy atom. The van der Waals surface area contributed by atoms with E-state index in [0.29, 0.717) is 0 Å². The Morgan fingerprint density at radius 2 is 1.58 bits per heavy atom. The molecule has 0 aromatic rings. The molecule has 2 aliphatic rings. The van der Waals surface area contributed by atoms with E-state index in [0.717, 1.165) is 36.9 Å². The highest BCUT2D eigenvalue weighted by Gasteiger charge is 2.30. The lowest BCUT2D eigenvalue weighted by Crippen LogP contribution is -2.26. The molecule has 0 atom stereocenters. The van der Waals surface area contributed by atoms with Crippen LogP contribution in [0, 0.1) is 23.7 Å². The molecule has 0 bridgehead atoms. The summed E-state index contributed by atoms with van der Waals surface area (Å²) in [5.41, 5.74) is 0. The smallest absolute Gasteiger partial charge is 0.0644 e. The molecular weight excluding hydrogens is 292 g/mol. The molecule has 0 spiro atoms. The van der Waals surface area contributed by atoms with E-state index in [1.54, 1.807) is 0 Å². The molecule has 0 heterocycles. The monoisotopic (exact) mass is 332 g/mol. The van der Waals surface area contributed by atoms with Crippen LogP contribution in [0.2, 0.25) is 0 Å².